The molecule has 3 aromatic carbocycles. The van der Waals surface area contributed by atoms with E-state index >= 15 is 0 Å². The molecule has 3 aromatic heterocycles. The minimum atomic E-state index is -0.798. The number of rotatable bonds is 2. The average molecular weight is 455 g/mol. The molecule has 4 bridgehead atoms. The van der Waals surface area contributed by atoms with Gasteiger partial charge in [-0.3, -0.25) is 0 Å². The predicted molar refractivity (Wildman–Crippen MR) is 107 cm³/mol. The molecule has 0 amide bonds. The van der Waals surface area contributed by atoms with Crippen LogP contribution in [0.25, 0.3) is 43.3 Å². The van der Waals surface area contributed by atoms with Crippen LogP contribution in [0.5, 0.6) is 23.0 Å². The Bertz CT molecular complexity index is 1460. The van der Waals surface area contributed by atoms with Crippen LogP contribution in [-0.2, 0) is 0 Å². The van der Waals surface area contributed by atoms with Crippen molar-refractivity contribution in [3.05, 3.63) is 58.8 Å². The van der Waals surface area contributed by atoms with Crippen molar-refractivity contribution in [2.45, 2.75) is 0 Å². The minimum absolute atomic E-state index is 0.0356. The van der Waals surface area contributed by atoms with E-state index in [1.54, 1.807) is 30.3 Å². The Hall–Kier alpha value is -3.61. The summed E-state index contributed by atoms with van der Waals surface area (Å²) in [7, 11) is 0. The molecule has 144 valence electrons. The molecule has 0 fully saturated rings. The molecule has 0 aliphatic carbocycles. The molecule has 0 unspecified atom stereocenters. The van der Waals surface area contributed by atoms with Crippen LogP contribution in [-0.4, -0.2) is 35.3 Å². The van der Waals surface area contributed by atoms with Gasteiger partial charge in [0.1, 0.15) is 0 Å². The summed E-state index contributed by atoms with van der Waals surface area (Å²) in [6.45, 7) is 0. The number of phenolic OH excluding ortho intramolecular Hbond substituents is 4. The van der Waals surface area contributed by atoms with E-state index in [2.05, 4.69) is 0 Å². The van der Waals surface area contributed by atoms with Crippen LogP contribution in [0.15, 0.2) is 61.2 Å². The van der Waals surface area contributed by atoms with Gasteiger partial charge in [0.25, 0.3) is 0 Å². The molecule has 0 saturated heterocycles. The van der Waals surface area contributed by atoms with Crippen molar-refractivity contribution in [2.24, 2.45) is 0 Å². The van der Waals surface area contributed by atoms with Gasteiger partial charge in [-0.25, -0.2) is 0 Å². The van der Waals surface area contributed by atoms with Crippen molar-refractivity contribution in [3.8, 4) is 45.4 Å². The predicted octanol–water partition coefficient (Wildman–Crippen LogP) is 3.75. The molecular formula is C21H12O7Se. The van der Waals surface area contributed by atoms with Crippen LogP contribution in [0.1, 0.15) is 0 Å². The van der Waals surface area contributed by atoms with Gasteiger partial charge >= 0.3 is 168 Å². The summed E-state index contributed by atoms with van der Waals surface area (Å²) in [6.07, 6.45) is 0. The summed E-state index contributed by atoms with van der Waals surface area (Å²) in [6, 6.07) is 12.7. The van der Waals surface area contributed by atoms with Crippen LogP contribution in [0.3, 0.4) is 0 Å². The molecule has 4 N–H and O–H groups in total. The molecule has 8 heteroatoms. The Morgan fingerprint density at radius 3 is 2.28 bits per heavy atom. The van der Waals surface area contributed by atoms with E-state index in [1.165, 1.54) is 18.2 Å². The molecule has 0 spiro atoms. The monoisotopic (exact) mass is 456 g/mol. The van der Waals surface area contributed by atoms with E-state index in [9.17, 15) is 25.2 Å². The number of phenols is 4. The van der Waals surface area contributed by atoms with E-state index in [-0.39, 0.29) is 50.9 Å². The van der Waals surface area contributed by atoms with E-state index in [4.69, 9.17) is 7.90 Å². The molecule has 3 heterocycles. The molecular weight excluding hydrogens is 443 g/mol. The summed E-state index contributed by atoms with van der Waals surface area (Å²) < 4.78 is 11.9. The fourth-order valence-corrected chi connectivity index (χ4v) is 4.83. The SMILES string of the molecule is O=c1c2o[se]c3c(O)c(-c4ccccc4)c(O)c1c3oc2-c1ccc(O)c(O)c1. The first-order valence-corrected chi connectivity index (χ1v) is 10.0. The van der Waals surface area contributed by atoms with Crippen LogP contribution < -0.4 is 5.43 Å². The second-order valence-electron chi connectivity index (χ2n) is 6.43. The molecule has 0 radical (unpaired) electrons. The zero-order chi connectivity index (χ0) is 20.3. The Morgan fingerprint density at radius 2 is 1.55 bits per heavy atom. The molecule has 0 aliphatic rings. The molecule has 0 atom stereocenters. The molecule has 0 saturated carbocycles. The van der Waals surface area contributed by atoms with Crippen molar-refractivity contribution >= 4 is 35.7 Å². The van der Waals surface area contributed by atoms with Gasteiger partial charge in [0.2, 0.25) is 0 Å². The first kappa shape index (κ1) is 17.5. The molecule has 7 nitrogen and oxygen atoms in total. The van der Waals surface area contributed by atoms with Gasteiger partial charge in [-0.2, -0.15) is 0 Å². The normalized spacial score (nSPS) is 11.4. The Morgan fingerprint density at radius 1 is 0.793 bits per heavy atom. The van der Waals surface area contributed by atoms with E-state index in [1.807, 2.05) is 0 Å². The third kappa shape index (κ3) is 2.47. The summed E-state index contributed by atoms with van der Waals surface area (Å²) in [5, 5.41) is 40.9. The fourth-order valence-electron chi connectivity index (χ4n) is 3.32. The van der Waals surface area contributed by atoms with Crippen molar-refractivity contribution in [1.82, 2.24) is 0 Å². The molecule has 0 aliphatic heterocycles. The van der Waals surface area contributed by atoms with Gasteiger partial charge in [0.05, 0.1) is 0 Å². The summed E-state index contributed by atoms with van der Waals surface area (Å²) in [5.74, 6) is -1.25. The van der Waals surface area contributed by atoms with Crippen LogP contribution in [0.4, 0.5) is 0 Å². The molecule has 6 aromatic rings. The van der Waals surface area contributed by atoms with E-state index < -0.39 is 20.3 Å². The number of hydrogen-bond donors (Lipinski definition) is 4. The number of aromatic hydroxyl groups is 4. The zero-order valence-electron chi connectivity index (χ0n) is 14.5. The van der Waals surface area contributed by atoms with Crippen LogP contribution in [0.2, 0.25) is 0 Å². The third-order valence-corrected chi connectivity index (χ3v) is 6.38. The van der Waals surface area contributed by atoms with Gasteiger partial charge in [-0.05, 0) is 0 Å². The maximum atomic E-state index is 13.1. The number of benzene rings is 3. The number of fused-ring (bicyclic) bond motifs is 2. The first-order chi connectivity index (χ1) is 14.0. The van der Waals surface area contributed by atoms with Crippen molar-refractivity contribution < 1.29 is 28.3 Å². The van der Waals surface area contributed by atoms with Crippen LogP contribution in [0, 0.1) is 0 Å². The summed E-state index contributed by atoms with van der Waals surface area (Å²) >= 11 is -0.798. The van der Waals surface area contributed by atoms with Crippen molar-refractivity contribution in [3.63, 3.8) is 0 Å². The quantitative estimate of drug-likeness (QED) is 0.236. The molecule has 6 rings (SSSR count). The van der Waals surface area contributed by atoms with Gasteiger partial charge in [-0.15, -0.1) is 0 Å². The molecule has 29 heavy (non-hydrogen) atoms. The van der Waals surface area contributed by atoms with E-state index in [0.717, 1.165) is 0 Å². The second kappa shape index (κ2) is 6.20. The summed E-state index contributed by atoms with van der Waals surface area (Å²) in [4.78, 5) is 13.1. The Balaban J connectivity index is 1.91. The number of hydrogen-bond acceptors (Lipinski definition) is 7. The third-order valence-electron chi connectivity index (χ3n) is 4.71. The maximum absolute atomic E-state index is 13.1. The second-order valence-corrected chi connectivity index (χ2v) is 7.99. The summed E-state index contributed by atoms with van der Waals surface area (Å²) in [5.41, 5.74) is 0.338. The average Bonchev–Trinajstić information content (AvgIpc) is 2.97. The van der Waals surface area contributed by atoms with Gasteiger partial charge in [0, 0.05) is 0 Å². The van der Waals surface area contributed by atoms with Gasteiger partial charge < -0.3 is 0 Å². The fraction of sp³-hybridized carbons (Fsp3) is 0. The van der Waals surface area contributed by atoms with Crippen LogP contribution >= 0.6 is 0 Å². The van der Waals surface area contributed by atoms with Crippen molar-refractivity contribution in [1.29, 1.82) is 0 Å². The first-order valence-electron chi connectivity index (χ1n) is 8.48. The topological polar surface area (TPSA) is 124 Å². The van der Waals surface area contributed by atoms with Gasteiger partial charge in [0.15, 0.2) is 0 Å². The standard InChI is InChI=1S/C21H12O7Se/c22-11-7-6-10(8-12(11)23)18-20-16(25)14-15(24)13(9-4-2-1-3-5-9)17(26)21(29-28-20)19(14)27-18/h1-8,22-24,26H. The van der Waals surface area contributed by atoms with E-state index in [0.29, 0.717) is 15.4 Å². The Labute approximate surface area is 168 Å². The van der Waals surface area contributed by atoms with Crippen molar-refractivity contribution in [2.75, 3.05) is 0 Å². The zero-order valence-corrected chi connectivity index (χ0v) is 16.3. The Kier molecular flexibility index (Phi) is 3.74. The van der Waals surface area contributed by atoms with Gasteiger partial charge in [-0.1, -0.05) is 0 Å².